The lowest BCUT2D eigenvalue weighted by atomic mass is 10.3. The smallest absolute Gasteiger partial charge is 0.354 e. The first-order chi connectivity index (χ1) is 9.56. The van der Waals surface area contributed by atoms with Crippen molar-refractivity contribution in [2.75, 3.05) is 10.6 Å². The van der Waals surface area contributed by atoms with Crippen molar-refractivity contribution in [3.8, 4) is 0 Å². The summed E-state index contributed by atoms with van der Waals surface area (Å²) in [4.78, 5) is 26.1. The number of urea groups is 1. The molecular weight excluding hydrogens is 265 g/mol. The van der Waals surface area contributed by atoms with Gasteiger partial charge >= 0.3 is 12.0 Å². The number of pyridine rings is 1. The minimum atomic E-state index is -1.21. The Balaban J connectivity index is 2.07. The number of halogens is 1. The second-order valence-corrected chi connectivity index (χ2v) is 3.77. The van der Waals surface area contributed by atoms with Gasteiger partial charge in [0.05, 0.1) is 5.69 Å². The van der Waals surface area contributed by atoms with Crippen LogP contribution in [0.5, 0.6) is 0 Å². The van der Waals surface area contributed by atoms with Gasteiger partial charge in [-0.2, -0.15) is 0 Å². The Morgan fingerprint density at radius 2 is 1.80 bits per heavy atom. The van der Waals surface area contributed by atoms with Crippen molar-refractivity contribution in [2.24, 2.45) is 0 Å². The zero-order valence-corrected chi connectivity index (χ0v) is 10.1. The Morgan fingerprint density at radius 3 is 2.50 bits per heavy atom. The molecule has 0 bridgehead atoms. The van der Waals surface area contributed by atoms with Crippen molar-refractivity contribution >= 4 is 23.5 Å². The maximum absolute atomic E-state index is 13.3. The number of aromatic carboxylic acids is 1. The fourth-order valence-electron chi connectivity index (χ4n) is 1.46. The largest absolute Gasteiger partial charge is 0.477 e. The van der Waals surface area contributed by atoms with E-state index in [-0.39, 0.29) is 17.2 Å². The average molecular weight is 275 g/mol. The van der Waals surface area contributed by atoms with Crippen molar-refractivity contribution in [1.82, 2.24) is 4.98 Å². The molecule has 2 aromatic rings. The van der Waals surface area contributed by atoms with Crippen LogP contribution in [-0.2, 0) is 0 Å². The lowest BCUT2D eigenvalue weighted by molar-refractivity contribution is 0.0690. The summed E-state index contributed by atoms with van der Waals surface area (Å²) in [5.74, 6) is -1.73. The molecule has 0 radical (unpaired) electrons. The zero-order chi connectivity index (χ0) is 14.5. The Bertz CT molecular complexity index is 661. The van der Waals surface area contributed by atoms with Gasteiger partial charge in [-0.3, -0.25) is 5.32 Å². The molecule has 1 aromatic carbocycles. The standard InChI is InChI=1S/C13H10FN3O3/c14-8-4-1-2-5-9(8)16-13(20)17-11-7-3-6-10(15-11)12(18)19/h1-7H,(H,18,19)(H2,15,16,17,20). The van der Waals surface area contributed by atoms with Crippen LogP contribution in [-0.4, -0.2) is 22.1 Å². The van der Waals surface area contributed by atoms with Gasteiger partial charge in [0.15, 0.2) is 5.69 Å². The number of benzene rings is 1. The number of carboxylic acid groups (broad SMARTS) is 1. The molecular formula is C13H10FN3O3. The van der Waals surface area contributed by atoms with E-state index in [0.717, 1.165) is 0 Å². The molecule has 0 aliphatic rings. The number of nitrogens with zero attached hydrogens (tertiary/aromatic N) is 1. The Kier molecular flexibility index (Phi) is 3.90. The van der Waals surface area contributed by atoms with Crippen LogP contribution in [0.4, 0.5) is 20.7 Å². The Hall–Kier alpha value is -2.96. The van der Waals surface area contributed by atoms with E-state index in [1.165, 1.54) is 36.4 Å². The molecule has 0 atom stereocenters. The van der Waals surface area contributed by atoms with Gasteiger partial charge in [0, 0.05) is 0 Å². The van der Waals surface area contributed by atoms with Crippen LogP contribution in [0.25, 0.3) is 0 Å². The molecule has 0 aliphatic carbocycles. The normalized spacial score (nSPS) is 9.85. The van der Waals surface area contributed by atoms with Crippen LogP contribution in [0.15, 0.2) is 42.5 Å². The predicted octanol–water partition coefficient (Wildman–Crippen LogP) is 2.56. The highest BCUT2D eigenvalue weighted by Crippen LogP contribution is 2.13. The lowest BCUT2D eigenvalue weighted by Crippen LogP contribution is -2.21. The number of amides is 2. The quantitative estimate of drug-likeness (QED) is 0.802. The molecule has 6 nitrogen and oxygen atoms in total. The van der Waals surface area contributed by atoms with E-state index >= 15 is 0 Å². The van der Waals surface area contributed by atoms with E-state index in [1.807, 2.05) is 0 Å². The number of hydrogen-bond donors (Lipinski definition) is 3. The molecule has 0 unspecified atom stereocenters. The topological polar surface area (TPSA) is 91.3 Å². The number of nitrogens with one attached hydrogen (secondary N) is 2. The highest BCUT2D eigenvalue weighted by atomic mass is 19.1. The van der Waals surface area contributed by atoms with Gasteiger partial charge in [-0.1, -0.05) is 18.2 Å². The summed E-state index contributed by atoms with van der Waals surface area (Å²) < 4.78 is 13.3. The van der Waals surface area contributed by atoms with E-state index in [1.54, 1.807) is 6.07 Å². The monoisotopic (exact) mass is 275 g/mol. The maximum atomic E-state index is 13.3. The van der Waals surface area contributed by atoms with Gasteiger partial charge in [-0.05, 0) is 24.3 Å². The third-order valence-corrected chi connectivity index (χ3v) is 2.33. The van der Waals surface area contributed by atoms with Crippen LogP contribution in [0.3, 0.4) is 0 Å². The summed E-state index contributed by atoms with van der Waals surface area (Å²) in [6.07, 6.45) is 0. The van der Waals surface area contributed by atoms with Crippen molar-refractivity contribution in [2.45, 2.75) is 0 Å². The number of carbonyl (C=O) groups excluding carboxylic acids is 1. The van der Waals surface area contributed by atoms with Crippen molar-refractivity contribution in [1.29, 1.82) is 0 Å². The Labute approximate surface area is 113 Å². The van der Waals surface area contributed by atoms with E-state index in [2.05, 4.69) is 15.6 Å². The number of aromatic nitrogens is 1. The number of rotatable bonds is 3. The van der Waals surface area contributed by atoms with Crippen LogP contribution in [0.2, 0.25) is 0 Å². The van der Waals surface area contributed by atoms with Gasteiger partial charge in [0.1, 0.15) is 11.6 Å². The lowest BCUT2D eigenvalue weighted by Gasteiger charge is -2.08. The van der Waals surface area contributed by atoms with Crippen LogP contribution < -0.4 is 10.6 Å². The summed E-state index contributed by atoms with van der Waals surface area (Å²) in [6, 6.07) is 9.11. The average Bonchev–Trinajstić information content (AvgIpc) is 2.41. The number of carboxylic acids is 1. The summed E-state index contributed by atoms with van der Waals surface area (Å²) in [7, 11) is 0. The molecule has 0 saturated heterocycles. The van der Waals surface area contributed by atoms with Crippen molar-refractivity contribution < 1.29 is 19.1 Å². The maximum Gasteiger partial charge on any atom is 0.354 e. The van der Waals surface area contributed by atoms with E-state index < -0.39 is 17.8 Å². The van der Waals surface area contributed by atoms with E-state index in [4.69, 9.17) is 5.11 Å². The fraction of sp³-hybridized carbons (Fsp3) is 0. The summed E-state index contributed by atoms with van der Waals surface area (Å²) in [6.45, 7) is 0. The van der Waals surface area contributed by atoms with Crippen molar-refractivity contribution in [3.63, 3.8) is 0 Å². The van der Waals surface area contributed by atoms with Gasteiger partial charge < -0.3 is 10.4 Å². The third-order valence-electron chi connectivity index (χ3n) is 2.33. The number of anilines is 2. The molecule has 7 heteroatoms. The second-order valence-electron chi connectivity index (χ2n) is 3.77. The predicted molar refractivity (Wildman–Crippen MR) is 70.2 cm³/mol. The molecule has 0 spiro atoms. The summed E-state index contributed by atoms with van der Waals surface area (Å²) in [5, 5.41) is 13.4. The molecule has 3 N–H and O–H groups in total. The molecule has 2 amide bonds. The van der Waals surface area contributed by atoms with E-state index in [9.17, 15) is 14.0 Å². The van der Waals surface area contributed by atoms with Crippen molar-refractivity contribution in [3.05, 3.63) is 54.0 Å². The van der Waals surface area contributed by atoms with Gasteiger partial charge in [-0.15, -0.1) is 0 Å². The first kappa shape index (κ1) is 13.5. The fourth-order valence-corrected chi connectivity index (χ4v) is 1.46. The zero-order valence-electron chi connectivity index (χ0n) is 10.1. The van der Waals surface area contributed by atoms with Crippen LogP contribution in [0.1, 0.15) is 10.5 Å². The van der Waals surface area contributed by atoms with Gasteiger partial charge in [-0.25, -0.2) is 19.0 Å². The van der Waals surface area contributed by atoms with Gasteiger partial charge in [0.25, 0.3) is 0 Å². The number of hydrogen-bond acceptors (Lipinski definition) is 3. The second kappa shape index (κ2) is 5.79. The van der Waals surface area contributed by atoms with E-state index in [0.29, 0.717) is 0 Å². The summed E-state index contributed by atoms with van der Waals surface area (Å²) in [5.41, 5.74) is -0.187. The minimum Gasteiger partial charge on any atom is -0.477 e. The van der Waals surface area contributed by atoms with Gasteiger partial charge in [0.2, 0.25) is 0 Å². The molecule has 2 rings (SSSR count). The van der Waals surface area contributed by atoms with Crippen LogP contribution >= 0.6 is 0 Å². The highest BCUT2D eigenvalue weighted by Gasteiger charge is 2.09. The summed E-state index contributed by atoms with van der Waals surface area (Å²) >= 11 is 0. The van der Waals surface area contributed by atoms with Crippen LogP contribution in [0, 0.1) is 5.82 Å². The molecule has 102 valence electrons. The molecule has 20 heavy (non-hydrogen) atoms. The molecule has 0 fully saturated rings. The first-order valence-electron chi connectivity index (χ1n) is 5.59. The molecule has 1 aromatic heterocycles. The molecule has 0 aliphatic heterocycles. The Morgan fingerprint density at radius 1 is 1.05 bits per heavy atom. The minimum absolute atomic E-state index is 0.0133. The first-order valence-corrected chi connectivity index (χ1v) is 5.59. The number of carbonyl (C=O) groups is 2. The molecule has 1 heterocycles. The third kappa shape index (κ3) is 3.29. The number of para-hydroxylation sites is 1. The SMILES string of the molecule is O=C(Nc1cccc(C(=O)O)n1)Nc1ccccc1F. The molecule has 0 saturated carbocycles. The highest BCUT2D eigenvalue weighted by molar-refractivity contribution is 5.99.